The molecule has 16 heavy (non-hydrogen) atoms. The molecule has 0 aliphatic heterocycles. The summed E-state index contributed by atoms with van der Waals surface area (Å²) in [5, 5.41) is 0.336. The van der Waals surface area contributed by atoms with Gasteiger partial charge in [-0.1, -0.05) is 26.8 Å². The minimum Gasteiger partial charge on any atom is -0.414 e. The molecular formula is C14H28OSi. The van der Waals surface area contributed by atoms with Gasteiger partial charge in [0, 0.05) is 6.10 Å². The predicted molar refractivity (Wildman–Crippen MR) is 74.2 cm³/mol. The largest absolute Gasteiger partial charge is 0.414 e. The summed E-state index contributed by atoms with van der Waals surface area (Å²) in [6.07, 6.45) is 7.61. The van der Waals surface area contributed by atoms with Gasteiger partial charge < -0.3 is 4.43 Å². The summed E-state index contributed by atoms with van der Waals surface area (Å²) in [5.41, 5.74) is 0. The monoisotopic (exact) mass is 240 g/mol. The van der Waals surface area contributed by atoms with E-state index >= 15 is 0 Å². The molecule has 0 aromatic heterocycles. The number of hydrogen-bond acceptors (Lipinski definition) is 1. The van der Waals surface area contributed by atoms with Crippen LogP contribution in [0.25, 0.3) is 0 Å². The first-order chi connectivity index (χ1) is 7.26. The van der Waals surface area contributed by atoms with Gasteiger partial charge in [-0.2, -0.15) is 0 Å². The average molecular weight is 240 g/mol. The highest BCUT2D eigenvalue weighted by Gasteiger charge is 2.39. The van der Waals surface area contributed by atoms with E-state index in [4.69, 9.17) is 4.43 Å². The van der Waals surface area contributed by atoms with E-state index in [9.17, 15) is 0 Å². The lowest BCUT2D eigenvalue weighted by Gasteiger charge is -2.41. The molecule has 1 rings (SSSR count). The quantitative estimate of drug-likeness (QED) is 0.511. The SMILES string of the molecule is C=C[C@H]1CC[C@H](O[Si](C)(C)C(C)(C)C)CC1. The standard InChI is InChI=1S/C14H28OSi/c1-7-12-8-10-13(11-9-12)15-16(5,6)14(2,3)4/h7,12-13H,1,8-11H2,2-6H3/t12-,13-. The molecule has 0 N–H and O–H groups in total. The van der Waals surface area contributed by atoms with Crippen molar-refractivity contribution in [3.05, 3.63) is 12.7 Å². The number of allylic oxidation sites excluding steroid dienone is 1. The Balaban J connectivity index is 2.47. The van der Waals surface area contributed by atoms with Crippen molar-refractivity contribution >= 4 is 8.32 Å². The fourth-order valence-electron chi connectivity index (χ4n) is 2.04. The summed E-state index contributed by atoms with van der Waals surface area (Å²) < 4.78 is 6.44. The zero-order valence-electron chi connectivity index (χ0n) is 11.7. The molecule has 0 unspecified atom stereocenters. The fraction of sp³-hybridized carbons (Fsp3) is 0.857. The molecule has 1 nitrogen and oxygen atoms in total. The second-order valence-corrected chi connectivity index (χ2v) is 11.4. The van der Waals surface area contributed by atoms with Crippen molar-refractivity contribution in [1.82, 2.24) is 0 Å². The molecule has 0 heterocycles. The predicted octanol–water partition coefficient (Wildman–Crippen LogP) is 4.75. The third-order valence-electron chi connectivity index (χ3n) is 4.32. The van der Waals surface area contributed by atoms with Crippen LogP contribution in [0.5, 0.6) is 0 Å². The highest BCUT2D eigenvalue weighted by molar-refractivity contribution is 6.74. The molecule has 0 radical (unpaired) electrons. The average Bonchev–Trinajstić information content (AvgIpc) is 2.16. The molecule has 0 amide bonds. The first-order valence-corrected chi connectivity index (χ1v) is 9.47. The van der Waals surface area contributed by atoms with Crippen molar-refractivity contribution < 1.29 is 4.43 Å². The molecular weight excluding hydrogens is 212 g/mol. The minimum absolute atomic E-state index is 0.336. The molecule has 94 valence electrons. The van der Waals surface area contributed by atoms with Crippen molar-refractivity contribution in [3.63, 3.8) is 0 Å². The summed E-state index contributed by atoms with van der Waals surface area (Å²) >= 11 is 0. The van der Waals surface area contributed by atoms with Crippen molar-refractivity contribution in [2.45, 2.75) is 70.7 Å². The molecule has 0 bridgehead atoms. The normalized spacial score (nSPS) is 27.8. The van der Waals surface area contributed by atoms with Crippen molar-refractivity contribution in [3.8, 4) is 0 Å². The third-order valence-corrected chi connectivity index (χ3v) is 8.85. The minimum atomic E-state index is -1.55. The maximum atomic E-state index is 6.44. The maximum Gasteiger partial charge on any atom is 0.192 e. The number of hydrogen-bond donors (Lipinski definition) is 0. The van der Waals surface area contributed by atoms with Crippen LogP contribution >= 0.6 is 0 Å². The van der Waals surface area contributed by atoms with Crippen LogP contribution in [0.3, 0.4) is 0 Å². The van der Waals surface area contributed by atoms with E-state index in [-0.39, 0.29) is 0 Å². The molecule has 0 atom stereocenters. The Morgan fingerprint density at radius 1 is 1.12 bits per heavy atom. The van der Waals surface area contributed by atoms with E-state index in [0.717, 1.165) is 5.92 Å². The lowest BCUT2D eigenvalue weighted by molar-refractivity contribution is 0.125. The molecule has 0 spiro atoms. The first-order valence-electron chi connectivity index (χ1n) is 6.56. The van der Waals surface area contributed by atoms with Crippen LogP contribution in [0, 0.1) is 5.92 Å². The van der Waals surface area contributed by atoms with Gasteiger partial charge in [0.1, 0.15) is 0 Å². The highest BCUT2D eigenvalue weighted by Crippen LogP contribution is 2.39. The van der Waals surface area contributed by atoms with Crippen LogP contribution in [-0.4, -0.2) is 14.4 Å². The second-order valence-electron chi connectivity index (χ2n) is 6.65. The van der Waals surface area contributed by atoms with E-state index in [0.29, 0.717) is 11.1 Å². The van der Waals surface area contributed by atoms with Crippen LogP contribution in [0.2, 0.25) is 18.1 Å². The summed E-state index contributed by atoms with van der Waals surface area (Å²) in [6.45, 7) is 15.5. The van der Waals surface area contributed by atoms with E-state index in [1.54, 1.807) is 0 Å². The maximum absolute atomic E-state index is 6.44. The molecule has 0 aromatic rings. The first kappa shape index (κ1) is 14.0. The lowest BCUT2D eigenvalue weighted by Crippen LogP contribution is -2.44. The molecule has 1 aliphatic carbocycles. The van der Waals surface area contributed by atoms with Crippen LogP contribution in [0.1, 0.15) is 46.5 Å². The topological polar surface area (TPSA) is 9.23 Å². The van der Waals surface area contributed by atoms with Gasteiger partial charge in [0.2, 0.25) is 0 Å². The Morgan fingerprint density at radius 3 is 2.00 bits per heavy atom. The van der Waals surface area contributed by atoms with Crippen LogP contribution in [-0.2, 0) is 4.43 Å². The van der Waals surface area contributed by atoms with E-state index in [2.05, 4.69) is 46.5 Å². The van der Waals surface area contributed by atoms with Gasteiger partial charge in [0.15, 0.2) is 8.32 Å². The molecule has 0 saturated heterocycles. The molecule has 1 aliphatic rings. The Kier molecular flexibility index (Phi) is 4.41. The van der Waals surface area contributed by atoms with Gasteiger partial charge in [0.05, 0.1) is 0 Å². The smallest absolute Gasteiger partial charge is 0.192 e. The van der Waals surface area contributed by atoms with E-state index < -0.39 is 8.32 Å². The van der Waals surface area contributed by atoms with Crippen molar-refractivity contribution in [1.29, 1.82) is 0 Å². The van der Waals surface area contributed by atoms with E-state index in [1.165, 1.54) is 25.7 Å². The van der Waals surface area contributed by atoms with Gasteiger partial charge in [-0.25, -0.2) is 0 Å². The van der Waals surface area contributed by atoms with Crippen molar-refractivity contribution in [2.24, 2.45) is 5.92 Å². The van der Waals surface area contributed by atoms with Gasteiger partial charge in [-0.3, -0.25) is 0 Å². The van der Waals surface area contributed by atoms with Crippen LogP contribution in [0.15, 0.2) is 12.7 Å². The Hall–Kier alpha value is -0.0831. The summed E-state index contributed by atoms with van der Waals surface area (Å²) in [7, 11) is -1.55. The lowest BCUT2D eigenvalue weighted by atomic mass is 9.88. The number of rotatable bonds is 3. The summed E-state index contributed by atoms with van der Waals surface area (Å²) in [6, 6.07) is 0. The molecule has 0 aromatic carbocycles. The van der Waals surface area contributed by atoms with Crippen molar-refractivity contribution in [2.75, 3.05) is 0 Å². The van der Waals surface area contributed by atoms with Gasteiger partial charge in [-0.15, -0.1) is 6.58 Å². The fourth-order valence-corrected chi connectivity index (χ4v) is 3.46. The molecule has 1 fully saturated rings. The summed E-state index contributed by atoms with van der Waals surface area (Å²) in [5.74, 6) is 0.735. The Morgan fingerprint density at radius 2 is 1.62 bits per heavy atom. The zero-order chi connectivity index (χ0) is 12.4. The van der Waals surface area contributed by atoms with E-state index in [1.807, 2.05) is 0 Å². The third kappa shape index (κ3) is 3.46. The van der Waals surface area contributed by atoms with Crippen LogP contribution < -0.4 is 0 Å². The Bertz CT molecular complexity index is 232. The van der Waals surface area contributed by atoms with Crippen LogP contribution in [0.4, 0.5) is 0 Å². The second kappa shape index (κ2) is 5.05. The highest BCUT2D eigenvalue weighted by atomic mass is 28.4. The summed E-state index contributed by atoms with van der Waals surface area (Å²) in [4.78, 5) is 0. The van der Waals surface area contributed by atoms with Gasteiger partial charge in [-0.05, 0) is 49.7 Å². The van der Waals surface area contributed by atoms with Gasteiger partial charge in [0.25, 0.3) is 0 Å². The Labute approximate surface area is 102 Å². The molecule has 2 heteroatoms. The van der Waals surface area contributed by atoms with Gasteiger partial charge >= 0.3 is 0 Å². The zero-order valence-corrected chi connectivity index (χ0v) is 12.7. The molecule has 1 saturated carbocycles.